The van der Waals surface area contributed by atoms with E-state index in [2.05, 4.69) is 0 Å². The van der Waals surface area contributed by atoms with Crippen LogP contribution in [0.4, 0.5) is 5.69 Å². The molecule has 1 aliphatic heterocycles. The summed E-state index contributed by atoms with van der Waals surface area (Å²) in [5.74, 6) is -7.52. The number of aromatic carboxylic acids is 1. The Bertz CT molecular complexity index is 2320. The Kier molecular flexibility index (Phi) is 8.36. The van der Waals surface area contributed by atoms with Crippen molar-refractivity contribution in [2.24, 2.45) is 23.7 Å². The number of carbonyl (C=O) groups is 5. The van der Waals surface area contributed by atoms with E-state index in [1.54, 1.807) is 36.4 Å². The molecule has 6 unspecified atom stereocenters. The van der Waals surface area contributed by atoms with Gasteiger partial charge in [0.2, 0.25) is 11.8 Å². The molecule has 4 aliphatic rings. The predicted octanol–water partition coefficient (Wildman–Crippen LogP) is 6.44. The highest BCUT2D eigenvalue weighted by Gasteiger charge is 2.66. The van der Waals surface area contributed by atoms with Gasteiger partial charge in [-0.2, -0.15) is 0 Å². The van der Waals surface area contributed by atoms with Crippen LogP contribution in [0.15, 0.2) is 109 Å². The molecule has 0 aromatic heterocycles. The molecule has 0 spiro atoms. The minimum Gasteiger partial charge on any atom is -0.507 e. The summed E-state index contributed by atoms with van der Waals surface area (Å²) in [4.78, 5) is 71.6. The molecule has 266 valence electrons. The number of fused-ring (bicyclic) bond motifs is 4. The highest BCUT2D eigenvalue weighted by atomic mass is 127. The van der Waals surface area contributed by atoms with E-state index in [4.69, 9.17) is 4.74 Å². The number of phenolic OH excluding ortho intramolecular Hbond substituents is 1. The smallest absolute Gasteiger partial charge is 0.339 e. The number of carboxylic acids is 1. The maximum atomic E-state index is 15.2. The number of amides is 2. The van der Waals surface area contributed by atoms with Gasteiger partial charge in [0.25, 0.3) is 0 Å². The third-order valence-electron chi connectivity index (χ3n) is 11.4. The van der Waals surface area contributed by atoms with Gasteiger partial charge in [-0.05, 0) is 88.4 Å². The fraction of sp³-hybridized carbons (Fsp3) is 0.214. The topological polar surface area (TPSA) is 159 Å². The predicted molar refractivity (Wildman–Crippen MR) is 202 cm³/mol. The number of ketones is 2. The Balaban J connectivity index is 1.35. The summed E-state index contributed by atoms with van der Waals surface area (Å²) in [5, 5.41) is 30.8. The first kappa shape index (κ1) is 34.5. The molecule has 8 rings (SSSR count). The van der Waals surface area contributed by atoms with E-state index in [9.17, 15) is 29.7 Å². The minimum atomic E-state index is -1.46. The summed E-state index contributed by atoms with van der Waals surface area (Å²) in [5.41, 5.74) is 1.05. The van der Waals surface area contributed by atoms with Crippen molar-refractivity contribution in [2.75, 3.05) is 12.0 Å². The summed E-state index contributed by atoms with van der Waals surface area (Å²) >= 11 is 2.00. The van der Waals surface area contributed by atoms with E-state index in [1.807, 2.05) is 65.1 Å². The van der Waals surface area contributed by atoms with Crippen LogP contribution in [-0.2, 0) is 24.6 Å². The lowest BCUT2D eigenvalue weighted by molar-refractivity contribution is -0.135. The number of hydrogen-bond acceptors (Lipinski definition) is 8. The molecule has 0 bridgehead atoms. The zero-order valence-electron chi connectivity index (χ0n) is 28.2. The maximum Gasteiger partial charge on any atom is 0.339 e. The number of anilines is 1. The number of methoxy groups -OCH3 is 1. The number of carbonyl (C=O) groups excluding carboxylic acids is 4. The van der Waals surface area contributed by atoms with E-state index < -0.39 is 58.5 Å². The summed E-state index contributed by atoms with van der Waals surface area (Å²) in [6, 6.07) is 25.2. The van der Waals surface area contributed by atoms with Crippen molar-refractivity contribution in [2.45, 2.75) is 24.2 Å². The summed E-state index contributed by atoms with van der Waals surface area (Å²) in [6.07, 6.45) is 3.64. The number of aromatic hydroxyl groups is 2. The molecule has 4 aromatic carbocycles. The van der Waals surface area contributed by atoms with Gasteiger partial charge in [0, 0.05) is 23.5 Å². The first-order valence-electron chi connectivity index (χ1n) is 17.1. The number of phenols is 2. The Hall–Kier alpha value is -5.56. The summed E-state index contributed by atoms with van der Waals surface area (Å²) in [7, 11) is 1.43. The van der Waals surface area contributed by atoms with Crippen LogP contribution >= 0.6 is 22.6 Å². The second-order valence-electron chi connectivity index (χ2n) is 13.9. The Morgan fingerprint density at radius 3 is 2.25 bits per heavy atom. The Morgan fingerprint density at radius 1 is 0.887 bits per heavy atom. The van der Waals surface area contributed by atoms with Gasteiger partial charge in [-0.3, -0.25) is 19.2 Å². The number of allylic oxidation sites excluding steroid dienone is 4. The van der Waals surface area contributed by atoms with Crippen LogP contribution in [0.25, 0.3) is 5.57 Å². The third-order valence-corrected chi connectivity index (χ3v) is 12.3. The first-order chi connectivity index (χ1) is 25.5. The molecule has 0 radical (unpaired) electrons. The quantitative estimate of drug-likeness (QED) is 0.113. The average molecular weight is 822 g/mol. The number of carboxylic acid groups (broad SMARTS) is 1. The van der Waals surface area contributed by atoms with Crippen molar-refractivity contribution in [1.82, 2.24) is 0 Å². The number of Topliss-reactive ketones (excluding diaryl/α,β-unsaturated/α-hetero) is 1. The lowest BCUT2D eigenvalue weighted by Gasteiger charge is -2.55. The highest BCUT2D eigenvalue weighted by molar-refractivity contribution is 14.1. The average Bonchev–Trinajstić information content (AvgIpc) is 3.42. The molecule has 11 heteroatoms. The maximum absolute atomic E-state index is 15.2. The normalized spacial score (nSPS) is 26.3. The number of nitrogens with zero attached hydrogens (tertiary/aromatic N) is 1. The molecule has 1 saturated carbocycles. The van der Waals surface area contributed by atoms with Gasteiger partial charge in [0.05, 0.1) is 33.6 Å². The van der Waals surface area contributed by atoms with E-state index >= 15 is 9.59 Å². The second kappa shape index (κ2) is 12.8. The molecule has 3 N–H and O–H groups in total. The zero-order chi connectivity index (χ0) is 37.3. The fourth-order valence-corrected chi connectivity index (χ4v) is 9.89. The molecule has 6 atom stereocenters. The van der Waals surface area contributed by atoms with Crippen LogP contribution < -0.4 is 9.64 Å². The molecular weight excluding hydrogens is 789 g/mol. The third kappa shape index (κ3) is 5.07. The van der Waals surface area contributed by atoms with Gasteiger partial charge in [0.1, 0.15) is 11.3 Å². The van der Waals surface area contributed by atoms with Crippen LogP contribution in [0.5, 0.6) is 17.2 Å². The standard InChI is InChI=1S/C42H32INO9/c1-53-33-17-22(16-31(43)38(33)48)36-25-14-15-27-35(40(50)44(39(27)49)24-12-13-26(41(51)52)32(45)18-24)29(25)19-30-37(47)28(21-8-4-2-5-9-21)20-34(46)42(30,36)23-10-6-3-7-11-23/h2-14,16-18,20,27,29-30,35-36,45,48H,15,19H2,1H3,(H,51,52). The van der Waals surface area contributed by atoms with E-state index in [1.165, 1.54) is 19.3 Å². The molecule has 53 heavy (non-hydrogen) atoms. The molecule has 10 nitrogen and oxygen atoms in total. The van der Waals surface area contributed by atoms with Crippen LogP contribution in [0, 0.1) is 27.2 Å². The van der Waals surface area contributed by atoms with Crippen LogP contribution in [0.2, 0.25) is 0 Å². The van der Waals surface area contributed by atoms with Crippen molar-refractivity contribution in [3.8, 4) is 17.2 Å². The molecular formula is C42H32INO9. The van der Waals surface area contributed by atoms with Crippen molar-refractivity contribution >= 4 is 63.2 Å². The second-order valence-corrected chi connectivity index (χ2v) is 15.0. The number of benzene rings is 4. The zero-order valence-corrected chi connectivity index (χ0v) is 30.4. The van der Waals surface area contributed by atoms with Gasteiger partial charge in [-0.25, -0.2) is 9.69 Å². The van der Waals surface area contributed by atoms with Gasteiger partial charge < -0.3 is 20.1 Å². The number of halogens is 1. The van der Waals surface area contributed by atoms with Crippen molar-refractivity contribution in [3.63, 3.8) is 0 Å². The molecule has 4 aromatic rings. The number of rotatable bonds is 6. The van der Waals surface area contributed by atoms with Crippen molar-refractivity contribution < 1.29 is 44.0 Å². The molecule has 1 heterocycles. The lowest BCUT2D eigenvalue weighted by atomic mass is 9.44. The Morgan fingerprint density at radius 2 is 1.58 bits per heavy atom. The fourth-order valence-electron chi connectivity index (χ4n) is 9.26. The Labute approximate surface area is 317 Å². The van der Waals surface area contributed by atoms with Gasteiger partial charge in [-0.1, -0.05) is 72.3 Å². The first-order valence-corrected chi connectivity index (χ1v) is 18.2. The van der Waals surface area contributed by atoms with Gasteiger partial charge in [0.15, 0.2) is 23.1 Å². The lowest BCUT2D eigenvalue weighted by Crippen LogP contribution is -2.58. The van der Waals surface area contributed by atoms with E-state index in [0.29, 0.717) is 20.3 Å². The number of hydrogen-bond donors (Lipinski definition) is 3. The molecule has 3 aliphatic carbocycles. The van der Waals surface area contributed by atoms with Crippen molar-refractivity contribution in [1.29, 1.82) is 0 Å². The SMILES string of the molecule is COc1cc(C2C3=CCC4C(=O)N(c5ccc(C(=O)O)c(O)c5)C(=O)C4C3CC3C(=O)C(c4ccccc4)=CC(=O)C32c2ccccc2)cc(I)c1O. The van der Waals surface area contributed by atoms with Gasteiger partial charge >= 0.3 is 5.97 Å². The molecule has 1 saturated heterocycles. The largest absolute Gasteiger partial charge is 0.507 e. The van der Waals surface area contributed by atoms with Crippen LogP contribution in [-0.4, -0.2) is 51.8 Å². The number of imide groups is 1. The van der Waals surface area contributed by atoms with Crippen molar-refractivity contribution in [3.05, 3.63) is 135 Å². The summed E-state index contributed by atoms with van der Waals surface area (Å²) in [6.45, 7) is 0. The number of ether oxygens (including phenoxy) is 1. The van der Waals surface area contributed by atoms with Crippen LogP contribution in [0.1, 0.15) is 45.8 Å². The summed E-state index contributed by atoms with van der Waals surface area (Å²) < 4.78 is 6.05. The van der Waals surface area contributed by atoms with E-state index in [0.717, 1.165) is 22.6 Å². The monoisotopic (exact) mass is 821 g/mol. The molecule has 2 fully saturated rings. The van der Waals surface area contributed by atoms with E-state index in [-0.39, 0.29) is 52.7 Å². The van der Waals surface area contributed by atoms with Gasteiger partial charge in [-0.15, -0.1) is 0 Å². The van der Waals surface area contributed by atoms with Crippen LogP contribution in [0.3, 0.4) is 0 Å². The minimum absolute atomic E-state index is 0.0421. The molecule has 2 amide bonds. The highest BCUT2D eigenvalue weighted by Crippen LogP contribution is 2.64.